The second-order valence-corrected chi connectivity index (χ2v) is 3.69. The minimum atomic E-state index is -0.480. The molecule has 92 valence electrons. The zero-order chi connectivity index (χ0) is 12.8. The van der Waals surface area contributed by atoms with E-state index >= 15 is 0 Å². The van der Waals surface area contributed by atoms with Crippen molar-refractivity contribution in [3.63, 3.8) is 0 Å². The highest BCUT2D eigenvalue weighted by Gasteiger charge is 2.01. The highest BCUT2D eigenvalue weighted by atomic mass is 16.5. The van der Waals surface area contributed by atoms with E-state index in [1.54, 1.807) is 6.07 Å². The first kappa shape index (κ1) is 12.0. The van der Waals surface area contributed by atoms with Crippen molar-refractivity contribution in [2.45, 2.75) is 0 Å². The summed E-state index contributed by atoms with van der Waals surface area (Å²) in [6.07, 6.45) is -0.480. The number of amides is 1. The molecule has 0 atom stereocenters. The van der Waals surface area contributed by atoms with Crippen molar-refractivity contribution < 1.29 is 9.53 Å². The van der Waals surface area contributed by atoms with E-state index in [4.69, 9.17) is 0 Å². The Labute approximate surface area is 106 Å². The lowest BCUT2D eigenvalue weighted by Crippen LogP contribution is -2.10. The molecular weight excluding hydrogens is 228 g/mol. The summed E-state index contributed by atoms with van der Waals surface area (Å²) in [5.74, 6) is 0. The molecule has 0 saturated heterocycles. The average Bonchev–Trinajstić information content (AvgIpc) is 2.40. The van der Waals surface area contributed by atoms with Crippen molar-refractivity contribution >= 4 is 23.2 Å². The van der Waals surface area contributed by atoms with Gasteiger partial charge in [-0.2, -0.15) is 0 Å². The first-order chi connectivity index (χ1) is 8.78. The summed E-state index contributed by atoms with van der Waals surface area (Å²) in [5, 5.41) is 5.86. The molecule has 0 aliphatic heterocycles. The fraction of sp³-hybridized carbons (Fsp3) is 0.0714. The van der Waals surface area contributed by atoms with Crippen LogP contribution in [0, 0.1) is 0 Å². The number of carbonyl (C=O) groups is 1. The average molecular weight is 242 g/mol. The lowest BCUT2D eigenvalue weighted by Gasteiger charge is -2.08. The van der Waals surface area contributed by atoms with Crippen LogP contribution in [0.5, 0.6) is 0 Å². The van der Waals surface area contributed by atoms with Crippen LogP contribution < -0.4 is 10.6 Å². The molecule has 0 heterocycles. The van der Waals surface area contributed by atoms with E-state index < -0.39 is 6.09 Å². The molecule has 0 unspecified atom stereocenters. The molecule has 2 rings (SSSR count). The Bertz CT molecular complexity index is 526. The molecule has 4 nitrogen and oxygen atoms in total. The Balaban J connectivity index is 2.10. The van der Waals surface area contributed by atoms with E-state index in [9.17, 15) is 4.79 Å². The standard InChI is InChI=1S/C14H14N2O2/c1-18-14(17)16-13-9-5-8-12(10-13)15-11-6-3-2-4-7-11/h2-10,15H,1H3,(H,16,17). The summed E-state index contributed by atoms with van der Waals surface area (Å²) in [7, 11) is 1.33. The first-order valence-corrected chi connectivity index (χ1v) is 5.55. The minimum Gasteiger partial charge on any atom is -0.453 e. The van der Waals surface area contributed by atoms with Crippen molar-refractivity contribution in [2.24, 2.45) is 0 Å². The number of nitrogens with one attached hydrogen (secondary N) is 2. The van der Waals surface area contributed by atoms with Gasteiger partial charge in [0, 0.05) is 17.1 Å². The smallest absolute Gasteiger partial charge is 0.411 e. The van der Waals surface area contributed by atoms with Crippen molar-refractivity contribution in [1.82, 2.24) is 0 Å². The molecule has 0 saturated carbocycles. The Morgan fingerprint density at radius 3 is 2.33 bits per heavy atom. The maximum atomic E-state index is 11.1. The lowest BCUT2D eigenvalue weighted by molar-refractivity contribution is 0.187. The number of carbonyl (C=O) groups excluding carboxylic acids is 1. The van der Waals surface area contributed by atoms with E-state index in [-0.39, 0.29) is 0 Å². The van der Waals surface area contributed by atoms with E-state index in [1.807, 2.05) is 48.5 Å². The molecule has 18 heavy (non-hydrogen) atoms. The van der Waals surface area contributed by atoms with Crippen LogP contribution in [-0.4, -0.2) is 13.2 Å². The maximum absolute atomic E-state index is 11.1. The van der Waals surface area contributed by atoms with Gasteiger partial charge in [-0.3, -0.25) is 5.32 Å². The van der Waals surface area contributed by atoms with Crippen LogP contribution in [-0.2, 0) is 4.74 Å². The third-order valence-electron chi connectivity index (χ3n) is 2.36. The van der Waals surface area contributed by atoms with Crippen LogP contribution in [0.4, 0.5) is 21.9 Å². The van der Waals surface area contributed by atoms with Crippen molar-refractivity contribution in [1.29, 1.82) is 0 Å². The van der Waals surface area contributed by atoms with E-state index in [1.165, 1.54) is 7.11 Å². The number of hydrogen-bond donors (Lipinski definition) is 2. The van der Waals surface area contributed by atoms with Gasteiger partial charge < -0.3 is 10.1 Å². The molecule has 0 aromatic heterocycles. The Kier molecular flexibility index (Phi) is 3.81. The summed E-state index contributed by atoms with van der Waals surface area (Å²) in [5.41, 5.74) is 2.57. The van der Waals surface area contributed by atoms with Crippen LogP contribution in [0.15, 0.2) is 54.6 Å². The largest absolute Gasteiger partial charge is 0.453 e. The van der Waals surface area contributed by atoms with Crippen LogP contribution in [0.3, 0.4) is 0 Å². The SMILES string of the molecule is COC(=O)Nc1cccc(Nc2ccccc2)c1. The second-order valence-electron chi connectivity index (χ2n) is 3.69. The molecule has 0 aliphatic carbocycles. The second kappa shape index (κ2) is 5.72. The highest BCUT2D eigenvalue weighted by molar-refractivity contribution is 5.85. The predicted molar refractivity (Wildman–Crippen MR) is 72.2 cm³/mol. The third-order valence-corrected chi connectivity index (χ3v) is 2.36. The number of benzene rings is 2. The Morgan fingerprint density at radius 1 is 0.944 bits per heavy atom. The normalized spacial score (nSPS) is 9.61. The zero-order valence-electron chi connectivity index (χ0n) is 10.0. The van der Waals surface area contributed by atoms with Gasteiger partial charge in [0.2, 0.25) is 0 Å². The molecular formula is C14H14N2O2. The molecule has 0 bridgehead atoms. The predicted octanol–water partition coefficient (Wildman–Crippen LogP) is 3.61. The molecule has 1 amide bonds. The number of anilines is 3. The fourth-order valence-electron chi connectivity index (χ4n) is 1.53. The van der Waals surface area contributed by atoms with E-state index in [0.29, 0.717) is 5.69 Å². The van der Waals surface area contributed by atoms with Gasteiger partial charge in [0.15, 0.2) is 0 Å². The summed E-state index contributed by atoms with van der Waals surface area (Å²) in [6, 6.07) is 17.2. The van der Waals surface area contributed by atoms with Gasteiger partial charge in [-0.05, 0) is 30.3 Å². The van der Waals surface area contributed by atoms with Crippen molar-refractivity contribution in [3.05, 3.63) is 54.6 Å². The molecule has 2 N–H and O–H groups in total. The molecule has 2 aromatic rings. The fourth-order valence-corrected chi connectivity index (χ4v) is 1.53. The summed E-state index contributed by atoms with van der Waals surface area (Å²) < 4.78 is 4.54. The lowest BCUT2D eigenvalue weighted by atomic mass is 10.2. The topological polar surface area (TPSA) is 50.4 Å². The van der Waals surface area contributed by atoms with Gasteiger partial charge in [0.1, 0.15) is 0 Å². The van der Waals surface area contributed by atoms with Crippen molar-refractivity contribution in [2.75, 3.05) is 17.7 Å². The molecule has 0 fully saturated rings. The maximum Gasteiger partial charge on any atom is 0.411 e. The molecule has 0 aliphatic rings. The summed E-state index contributed by atoms with van der Waals surface area (Å²) in [4.78, 5) is 11.1. The molecule has 4 heteroatoms. The zero-order valence-corrected chi connectivity index (χ0v) is 10.0. The van der Waals surface area contributed by atoms with Gasteiger partial charge in [-0.15, -0.1) is 0 Å². The Morgan fingerprint density at radius 2 is 1.61 bits per heavy atom. The summed E-state index contributed by atoms with van der Waals surface area (Å²) in [6.45, 7) is 0. The minimum absolute atomic E-state index is 0.480. The summed E-state index contributed by atoms with van der Waals surface area (Å²) >= 11 is 0. The first-order valence-electron chi connectivity index (χ1n) is 5.55. The monoisotopic (exact) mass is 242 g/mol. The quantitative estimate of drug-likeness (QED) is 0.864. The number of rotatable bonds is 3. The van der Waals surface area contributed by atoms with Gasteiger partial charge in [0.25, 0.3) is 0 Å². The molecule has 0 spiro atoms. The van der Waals surface area contributed by atoms with Gasteiger partial charge >= 0.3 is 6.09 Å². The van der Waals surface area contributed by atoms with Gasteiger partial charge in [-0.1, -0.05) is 24.3 Å². The number of ether oxygens (including phenoxy) is 1. The van der Waals surface area contributed by atoms with Gasteiger partial charge in [0.05, 0.1) is 7.11 Å². The van der Waals surface area contributed by atoms with Gasteiger partial charge in [-0.25, -0.2) is 4.79 Å². The third kappa shape index (κ3) is 3.25. The number of hydrogen-bond acceptors (Lipinski definition) is 3. The van der Waals surface area contributed by atoms with E-state index in [0.717, 1.165) is 11.4 Å². The number of para-hydroxylation sites is 1. The van der Waals surface area contributed by atoms with Crippen molar-refractivity contribution in [3.8, 4) is 0 Å². The molecule has 0 radical (unpaired) electrons. The highest BCUT2D eigenvalue weighted by Crippen LogP contribution is 2.19. The van der Waals surface area contributed by atoms with Crippen LogP contribution in [0.25, 0.3) is 0 Å². The van der Waals surface area contributed by atoms with Crippen LogP contribution >= 0.6 is 0 Å². The number of methoxy groups -OCH3 is 1. The Hall–Kier alpha value is -2.49. The van der Waals surface area contributed by atoms with Crippen LogP contribution in [0.1, 0.15) is 0 Å². The molecule has 2 aromatic carbocycles. The van der Waals surface area contributed by atoms with E-state index in [2.05, 4.69) is 15.4 Å². The van der Waals surface area contributed by atoms with Crippen LogP contribution in [0.2, 0.25) is 0 Å².